The van der Waals surface area contributed by atoms with Crippen LogP contribution in [0.2, 0.25) is 25.2 Å². The summed E-state index contributed by atoms with van der Waals surface area (Å²) < 4.78 is 10.9. The zero-order valence-electron chi connectivity index (χ0n) is 9.18. The van der Waals surface area contributed by atoms with Gasteiger partial charge in [-0.1, -0.05) is 25.2 Å². The molecule has 0 aromatic rings. The fourth-order valence-corrected chi connectivity index (χ4v) is 3.26. The van der Waals surface area contributed by atoms with Gasteiger partial charge < -0.3 is 8.85 Å². The summed E-state index contributed by atoms with van der Waals surface area (Å²) in [5.74, 6) is 0. The molecule has 0 aliphatic rings. The number of hydrogen-bond donors (Lipinski definition) is 0. The van der Waals surface area contributed by atoms with E-state index in [4.69, 9.17) is 8.85 Å². The van der Waals surface area contributed by atoms with E-state index in [0.29, 0.717) is 0 Å². The molecule has 0 spiro atoms. The summed E-state index contributed by atoms with van der Waals surface area (Å²) in [5.41, 5.74) is 0. The van der Waals surface area contributed by atoms with Crippen LogP contribution in [0.15, 0.2) is 0 Å². The third kappa shape index (κ3) is 12.6. The molecule has 0 aliphatic heterocycles. The van der Waals surface area contributed by atoms with Crippen LogP contribution in [-0.2, 0) is 8.85 Å². The van der Waals surface area contributed by atoms with Crippen molar-refractivity contribution < 1.29 is 8.85 Å². The van der Waals surface area contributed by atoms with E-state index >= 15 is 0 Å². The normalized spacial score (nSPS) is 13.4. The predicted molar refractivity (Wildman–Crippen MR) is 68.1 cm³/mol. The molecule has 0 heterocycles. The molecule has 0 aliphatic carbocycles. The monoisotopic (exact) mass is 236 g/mol. The zero-order valence-corrected chi connectivity index (χ0v) is 13.4. The largest absolute Gasteiger partial charge is 0.399 e. The molecule has 0 aromatic carbocycles. The molecule has 80 valence electrons. The minimum Gasteiger partial charge on any atom is -0.399 e. The van der Waals surface area contributed by atoms with Gasteiger partial charge in [0.05, 0.1) is 0 Å². The first kappa shape index (κ1) is 13.6. The summed E-state index contributed by atoms with van der Waals surface area (Å²) in [6.07, 6.45) is 2.53. The van der Waals surface area contributed by atoms with Crippen molar-refractivity contribution >= 4 is 29.0 Å². The van der Waals surface area contributed by atoms with Gasteiger partial charge in [-0.15, -0.1) is 0 Å². The van der Waals surface area contributed by atoms with Gasteiger partial charge in [-0.05, 0) is 12.8 Å². The zero-order chi connectivity index (χ0) is 9.78. The fourth-order valence-electron chi connectivity index (χ4n) is 1.09. The highest BCUT2D eigenvalue weighted by Gasteiger charge is 1.90. The lowest BCUT2D eigenvalue weighted by Crippen LogP contribution is -2.07. The van der Waals surface area contributed by atoms with E-state index in [1.165, 1.54) is 24.9 Å². The van der Waals surface area contributed by atoms with Gasteiger partial charge in [-0.2, -0.15) is 0 Å². The standard InChI is InChI=1S/C8H24O2Si3/c1-11-7-3-5-9-13-10-6-4-8-12-2/h3-8,11-13H2,1-2H3. The molecule has 0 unspecified atom stereocenters. The van der Waals surface area contributed by atoms with E-state index in [2.05, 4.69) is 13.1 Å². The first-order valence-corrected chi connectivity index (χ1v) is 11.6. The lowest BCUT2D eigenvalue weighted by molar-refractivity contribution is 0.222. The molecule has 0 rings (SSSR count). The van der Waals surface area contributed by atoms with E-state index in [9.17, 15) is 0 Å². The summed E-state index contributed by atoms with van der Waals surface area (Å²) >= 11 is 0. The summed E-state index contributed by atoms with van der Waals surface area (Å²) in [6, 6.07) is 2.85. The van der Waals surface area contributed by atoms with Crippen molar-refractivity contribution in [2.75, 3.05) is 13.2 Å². The second kappa shape index (κ2) is 12.6. The van der Waals surface area contributed by atoms with Crippen LogP contribution in [0.5, 0.6) is 0 Å². The van der Waals surface area contributed by atoms with Crippen LogP contribution in [0.3, 0.4) is 0 Å². The van der Waals surface area contributed by atoms with E-state index in [1.807, 2.05) is 0 Å². The quantitative estimate of drug-likeness (QED) is 0.395. The molecule has 0 saturated heterocycles. The van der Waals surface area contributed by atoms with Crippen LogP contribution >= 0.6 is 0 Å². The Balaban J connectivity index is 2.76. The van der Waals surface area contributed by atoms with Crippen molar-refractivity contribution in [3.05, 3.63) is 0 Å². The van der Waals surface area contributed by atoms with E-state index in [0.717, 1.165) is 13.2 Å². The van der Waals surface area contributed by atoms with Gasteiger partial charge in [0, 0.05) is 32.3 Å². The van der Waals surface area contributed by atoms with Crippen molar-refractivity contribution in [2.45, 2.75) is 38.0 Å². The highest BCUT2D eigenvalue weighted by Crippen LogP contribution is 1.91. The topological polar surface area (TPSA) is 18.5 Å². The van der Waals surface area contributed by atoms with Gasteiger partial charge in [-0.25, -0.2) is 0 Å². The summed E-state index contributed by atoms with van der Waals surface area (Å²) in [7, 11) is -0.0889. The minimum atomic E-state index is -0.614. The molecule has 5 heteroatoms. The maximum atomic E-state index is 5.47. The first-order chi connectivity index (χ1) is 6.41. The maximum Gasteiger partial charge on any atom is 0.304 e. The Bertz CT molecular complexity index is 83.5. The average molecular weight is 237 g/mol. The van der Waals surface area contributed by atoms with Crippen molar-refractivity contribution in [3.8, 4) is 0 Å². The Kier molecular flexibility index (Phi) is 13.1. The van der Waals surface area contributed by atoms with Crippen molar-refractivity contribution in [3.63, 3.8) is 0 Å². The molecule has 0 atom stereocenters. The highest BCUT2D eigenvalue weighted by molar-refractivity contribution is 6.33. The molecule has 0 saturated carbocycles. The smallest absolute Gasteiger partial charge is 0.304 e. The molecular weight excluding hydrogens is 212 g/mol. The predicted octanol–water partition coefficient (Wildman–Crippen LogP) is 0.0690. The van der Waals surface area contributed by atoms with E-state index in [1.54, 1.807) is 0 Å². The van der Waals surface area contributed by atoms with Crippen molar-refractivity contribution in [1.29, 1.82) is 0 Å². The lowest BCUT2D eigenvalue weighted by Gasteiger charge is -2.04. The molecule has 2 nitrogen and oxygen atoms in total. The second-order valence-corrected chi connectivity index (χ2v) is 7.81. The Labute approximate surface area is 89.5 Å². The average Bonchev–Trinajstić information content (AvgIpc) is 2.16. The lowest BCUT2D eigenvalue weighted by atomic mass is 10.5. The third-order valence-electron chi connectivity index (χ3n) is 1.95. The SMILES string of the molecule is C[SiH2]CCCO[SiH2]OCCC[SiH2]C. The molecule has 0 bridgehead atoms. The second-order valence-electron chi connectivity index (χ2n) is 3.35. The summed E-state index contributed by atoms with van der Waals surface area (Å²) in [5, 5.41) is 0. The van der Waals surface area contributed by atoms with Gasteiger partial charge in [-0.3, -0.25) is 0 Å². The Morgan fingerprint density at radius 3 is 1.69 bits per heavy atom. The number of rotatable bonds is 10. The van der Waals surface area contributed by atoms with Gasteiger partial charge >= 0.3 is 10.0 Å². The Morgan fingerprint density at radius 2 is 1.31 bits per heavy atom. The molecule has 13 heavy (non-hydrogen) atoms. The van der Waals surface area contributed by atoms with Crippen LogP contribution in [0.25, 0.3) is 0 Å². The van der Waals surface area contributed by atoms with Crippen molar-refractivity contribution in [2.24, 2.45) is 0 Å². The van der Waals surface area contributed by atoms with Gasteiger partial charge in [0.15, 0.2) is 0 Å². The maximum absolute atomic E-state index is 5.47. The van der Waals surface area contributed by atoms with Crippen LogP contribution in [0.1, 0.15) is 12.8 Å². The Morgan fingerprint density at radius 1 is 0.846 bits per heavy atom. The molecule has 0 radical (unpaired) electrons. The fraction of sp³-hybridized carbons (Fsp3) is 1.00. The van der Waals surface area contributed by atoms with Crippen LogP contribution < -0.4 is 0 Å². The van der Waals surface area contributed by atoms with Crippen LogP contribution in [-0.4, -0.2) is 42.3 Å². The first-order valence-electron chi connectivity index (χ1n) is 5.57. The molecule has 0 amide bonds. The third-order valence-corrected chi connectivity index (χ3v) is 5.28. The van der Waals surface area contributed by atoms with Gasteiger partial charge in [0.25, 0.3) is 0 Å². The van der Waals surface area contributed by atoms with Crippen LogP contribution in [0, 0.1) is 0 Å². The summed E-state index contributed by atoms with van der Waals surface area (Å²) in [6.45, 7) is 6.61. The summed E-state index contributed by atoms with van der Waals surface area (Å²) in [4.78, 5) is 0. The minimum absolute atomic E-state index is 0.262. The molecule has 0 N–H and O–H groups in total. The van der Waals surface area contributed by atoms with E-state index in [-0.39, 0.29) is 19.0 Å². The number of hydrogen-bond acceptors (Lipinski definition) is 2. The van der Waals surface area contributed by atoms with Crippen LogP contribution in [0.4, 0.5) is 0 Å². The molecule has 0 aromatic heterocycles. The van der Waals surface area contributed by atoms with Gasteiger partial charge in [0.1, 0.15) is 0 Å². The highest BCUT2D eigenvalue weighted by atomic mass is 28.3. The molecular formula is C8H24O2Si3. The van der Waals surface area contributed by atoms with E-state index < -0.39 is 10.0 Å². The Hall–Kier alpha value is 0.571. The van der Waals surface area contributed by atoms with Crippen molar-refractivity contribution in [1.82, 2.24) is 0 Å². The van der Waals surface area contributed by atoms with Gasteiger partial charge in [0.2, 0.25) is 0 Å². The molecule has 0 fully saturated rings.